The van der Waals surface area contributed by atoms with E-state index in [1.54, 1.807) is 24.3 Å². The molecule has 1 aromatic rings. The number of hydrogen-bond donors (Lipinski definition) is 2. The van der Waals surface area contributed by atoms with Crippen LogP contribution >= 0.6 is 0 Å². The predicted molar refractivity (Wildman–Crippen MR) is 58.6 cm³/mol. The van der Waals surface area contributed by atoms with E-state index in [0.29, 0.717) is 6.54 Å². The molecule has 15 heavy (non-hydrogen) atoms. The van der Waals surface area contributed by atoms with E-state index in [9.17, 15) is 4.79 Å². The number of H-pyrrole nitrogens is 1. The predicted octanol–water partition coefficient (Wildman–Crippen LogP) is 1.00. The lowest BCUT2D eigenvalue weighted by Crippen LogP contribution is -2.37. The van der Waals surface area contributed by atoms with E-state index >= 15 is 0 Å². The van der Waals surface area contributed by atoms with Crippen LogP contribution in [0.4, 0.5) is 4.79 Å². The molecule has 0 fully saturated rings. The highest BCUT2D eigenvalue weighted by Crippen LogP contribution is 1.93. The van der Waals surface area contributed by atoms with Crippen LogP contribution in [0.5, 0.6) is 0 Å². The summed E-state index contributed by atoms with van der Waals surface area (Å²) < 4.78 is 0. The molecule has 2 N–H and O–H groups in total. The second kappa shape index (κ2) is 6.06. The van der Waals surface area contributed by atoms with Crippen molar-refractivity contribution in [3.05, 3.63) is 18.2 Å². The van der Waals surface area contributed by atoms with E-state index in [4.69, 9.17) is 0 Å². The van der Waals surface area contributed by atoms with Crippen molar-refractivity contribution in [3.8, 4) is 0 Å². The molecule has 0 aliphatic heterocycles. The topological polar surface area (TPSA) is 61.0 Å². The smallest absolute Gasteiger partial charge is 0.317 e. The molecule has 84 valence electrons. The summed E-state index contributed by atoms with van der Waals surface area (Å²) >= 11 is 0. The Morgan fingerprint density at radius 1 is 1.67 bits per heavy atom. The molecule has 0 saturated carbocycles. The first-order valence-electron chi connectivity index (χ1n) is 5.21. The second-order valence-electron chi connectivity index (χ2n) is 3.39. The molecule has 0 radical (unpaired) electrons. The van der Waals surface area contributed by atoms with Gasteiger partial charge in [-0.05, 0) is 13.3 Å². The van der Waals surface area contributed by atoms with Crippen molar-refractivity contribution in [1.29, 1.82) is 0 Å². The number of nitrogens with zero attached hydrogens (tertiary/aromatic N) is 2. The van der Waals surface area contributed by atoms with Crippen molar-refractivity contribution in [3.63, 3.8) is 0 Å². The molecular formula is C10H18N4O. The molecule has 0 aliphatic carbocycles. The van der Waals surface area contributed by atoms with Crippen LogP contribution in [0, 0.1) is 0 Å². The molecule has 5 nitrogen and oxygen atoms in total. The van der Waals surface area contributed by atoms with Crippen molar-refractivity contribution in [2.75, 3.05) is 20.1 Å². The Labute approximate surface area is 89.9 Å². The highest BCUT2D eigenvalue weighted by molar-refractivity contribution is 5.73. The fraction of sp³-hybridized carbons (Fsp3) is 0.600. The number of carbonyl (C=O) groups is 1. The van der Waals surface area contributed by atoms with E-state index in [1.165, 1.54) is 0 Å². The molecule has 2 amide bonds. The lowest BCUT2D eigenvalue weighted by Gasteiger charge is -2.15. The lowest BCUT2D eigenvalue weighted by molar-refractivity contribution is 0.211. The van der Waals surface area contributed by atoms with Gasteiger partial charge in [0, 0.05) is 39.0 Å². The van der Waals surface area contributed by atoms with E-state index in [-0.39, 0.29) is 6.03 Å². The Kier molecular flexibility index (Phi) is 4.66. The SMILES string of the molecule is CCN(C)C(=O)NCCCc1ncc[nH]1. The summed E-state index contributed by atoms with van der Waals surface area (Å²) in [6.45, 7) is 3.36. The largest absolute Gasteiger partial charge is 0.349 e. The number of nitrogens with one attached hydrogen (secondary N) is 2. The number of aromatic nitrogens is 2. The number of aryl methyl sites for hydroxylation is 1. The van der Waals surface area contributed by atoms with Gasteiger partial charge in [0.1, 0.15) is 5.82 Å². The highest BCUT2D eigenvalue weighted by Gasteiger charge is 2.04. The normalized spacial score (nSPS) is 10.0. The molecule has 1 heterocycles. The fourth-order valence-corrected chi connectivity index (χ4v) is 1.16. The third kappa shape index (κ3) is 4.01. The zero-order valence-electron chi connectivity index (χ0n) is 9.29. The van der Waals surface area contributed by atoms with Crippen molar-refractivity contribution in [2.45, 2.75) is 19.8 Å². The molecule has 0 aliphatic rings. The van der Waals surface area contributed by atoms with Gasteiger partial charge in [0.05, 0.1) is 0 Å². The van der Waals surface area contributed by atoms with Crippen LogP contribution in [-0.2, 0) is 6.42 Å². The van der Waals surface area contributed by atoms with Crippen molar-refractivity contribution in [1.82, 2.24) is 20.2 Å². The first kappa shape index (κ1) is 11.6. The highest BCUT2D eigenvalue weighted by atomic mass is 16.2. The Bertz CT molecular complexity index is 284. The molecular weight excluding hydrogens is 192 g/mol. The molecule has 1 rings (SSSR count). The Hall–Kier alpha value is -1.52. The van der Waals surface area contributed by atoms with Crippen LogP contribution in [0.3, 0.4) is 0 Å². The third-order valence-corrected chi connectivity index (χ3v) is 2.24. The number of amides is 2. The average molecular weight is 210 g/mol. The quantitative estimate of drug-likeness (QED) is 0.712. The summed E-state index contributed by atoms with van der Waals surface area (Å²) in [6, 6.07) is -0.0167. The summed E-state index contributed by atoms with van der Waals surface area (Å²) in [7, 11) is 1.78. The first-order chi connectivity index (χ1) is 7.24. The minimum atomic E-state index is -0.0167. The van der Waals surface area contributed by atoms with Gasteiger partial charge in [-0.25, -0.2) is 9.78 Å². The zero-order valence-corrected chi connectivity index (χ0v) is 9.29. The van der Waals surface area contributed by atoms with Crippen LogP contribution in [0.1, 0.15) is 19.2 Å². The zero-order chi connectivity index (χ0) is 11.1. The van der Waals surface area contributed by atoms with Crippen LogP contribution in [0.15, 0.2) is 12.4 Å². The van der Waals surface area contributed by atoms with Crippen LogP contribution in [-0.4, -0.2) is 41.0 Å². The van der Waals surface area contributed by atoms with Crippen LogP contribution in [0.25, 0.3) is 0 Å². The number of carbonyl (C=O) groups excluding carboxylic acids is 1. The van der Waals surface area contributed by atoms with E-state index in [0.717, 1.165) is 25.2 Å². The Morgan fingerprint density at radius 3 is 3.07 bits per heavy atom. The van der Waals surface area contributed by atoms with E-state index in [2.05, 4.69) is 15.3 Å². The van der Waals surface area contributed by atoms with E-state index in [1.807, 2.05) is 6.92 Å². The molecule has 0 bridgehead atoms. The second-order valence-corrected chi connectivity index (χ2v) is 3.39. The minimum Gasteiger partial charge on any atom is -0.349 e. The van der Waals surface area contributed by atoms with Gasteiger partial charge in [0.15, 0.2) is 0 Å². The van der Waals surface area contributed by atoms with Gasteiger partial charge in [0.25, 0.3) is 0 Å². The van der Waals surface area contributed by atoms with Gasteiger partial charge in [-0.1, -0.05) is 0 Å². The number of hydrogen-bond acceptors (Lipinski definition) is 2. The maximum absolute atomic E-state index is 11.3. The molecule has 5 heteroatoms. The van der Waals surface area contributed by atoms with Gasteiger partial charge in [-0.3, -0.25) is 0 Å². The maximum Gasteiger partial charge on any atom is 0.317 e. The molecule has 0 spiro atoms. The molecule has 1 aromatic heterocycles. The number of imidazole rings is 1. The van der Waals surface area contributed by atoms with E-state index < -0.39 is 0 Å². The van der Waals surface area contributed by atoms with Gasteiger partial charge in [-0.15, -0.1) is 0 Å². The molecule has 0 atom stereocenters. The van der Waals surface area contributed by atoms with Crippen molar-refractivity contribution in [2.24, 2.45) is 0 Å². The van der Waals surface area contributed by atoms with Gasteiger partial charge in [-0.2, -0.15) is 0 Å². The number of aromatic amines is 1. The summed E-state index contributed by atoms with van der Waals surface area (Å²) in [5.41, 5.74) is 0. The van der Waals surface area contributed by atoms with Gasteiger partial charge in [0.2, 0.25) is 0 Å². The minimum absolute atomic E-state index is 0.0167. The summed E-state index contributed by atoms with van der Waals surface area (Å²) in [6.07, 6.45) is 5.30. The maximum atomic E-state index is 11.3. The first-order valence-corrected chi connectivity index (χ1v) is 5.21. The number of rotatable bonds is 5. The monoisotopic (exact) mass is 210 g/mol. The van der Waals surface area contributed by atoms with Crippen molar-refractivity contribution >= 4 is 6.03 Å². The molecule has 0 unspecified atom stereocenters. The van der Waals surface area contributed by atoms with Crippen LogP contribution in [0.2, 0.25) is 0 Å². The van der Waals surface area contributed by atoms with Gasteiger partial charge < -0.3 is 15.2 Å². The Morgan fingerprint density at radius 2 is 2.47 bits per heavy atom. The van der Waals surface area contributed by atoms with Crippen LogP contribution < -0.4 is 5.32 Å². The fourth-order valence-electron chi connectivity index (χ4n) is 1.16. The molecule has 0 aromatic carbocycles. The summed E-state index contributed by atoms with van der Waals surface area (Å²) in [5, 5.41) is 2.84. The lowest BCUT2D eigenvalue weighted by atomic mass is 10.3. The Balaban J connectivity index is 2.09. The summed E-state index contributed by atoms with van der Waals surface area (Å²) in [4.78, 5) is 20.1. The van der Waals surface area contributed by atoms with Gasteiger partial charge >= 0.3 is 6.03 Å². The van der Waals surface area contributed by atoms with Crippen molar-refractivity contribution < 1.29 is 4.79 Å². The summed E-state index contributed by atoms with van der Waals surface area (Å²) in [5.74, 6) is 0.966. The standard InChI is InChI=1S/C10H18N4O/c1-3-14(2)10(15)13-6-4-5-9-11-7-8-12-9/h7-8H,3-6H2,1-2H3,(H,11,12)(H,13,15). The number of urea groups is 1. The average Bonchev–Trinajstić information content (AvgIpc) is 2.75. The third-order valence-electron chi connectivity index (χ3n) is 2.24. The molecule has 0 saturated heterocycles.